The van der Waals surface area contributed by atoms with Crippen LogP contribution in [0.3, 0.4) is 0 Å². The summed E-state index contributed by atoms with van der Waals surface area (Å²) in [4.78, 5) is 10.1. The molecule has 3 nitrogen and oxygen atoms in total. The van der Waals surface area contributed by atoms with Crippen molar-refractivity contribution in [2.75, 3.05) is 51.2 Å². The summed E-state index contributed by atoms with van der Waals surface area (Å²) in [5.41, 5.74) is 2.56. The Labute approximate surface area is 165 Å². The highest BCUT2D eigenvalue weighted by atomic mass is 35.5. The zero-order chi connectivity index (χ0) is 17.9. The van der Waals surface area contributed by atoms with Gasteiger partial charge >= 0.3 is 0 Å². The van der Waals surface area contributed by atoms with Gasteiger partial charge < -0.3 is 14.7 Å². The van der Waals surface area contributed by atoms with E-state index in [1.807, 2.05) is 17.8 Å². The molecule has 138 valence electrons. The zero-order valence-corrected chi connectivity index (χ0v) is 16.9. The van der Waals surface area contributed by atoms with Crippen molar-refractivity contribution >= 4 is 34.7 Å². The van der Waals surface area contributed by atoms with Crippen LogP contribution in [0, 0.1) is 0 Å². The van der Waals surface area contributed by atoms with Crippen molar-refractivity contribution in [2.45, 2.75) is 22.6 Å². The average Bonchev–Trinajstić information content (AvgIpc) is 2.86. The smallest absolute Gasteiger partial charge is 0.0567 e. The number of benzene rings is 2. The summed E-state index contributed by atoms with van der Waals surface area (Å²) >= 11 is 8.15. The van der Waals surface area contributed by atoms with Gasteiger partial charge in [-0.05, 0) is 69.9 Å². The first-order valence-corrected chi connectivity index (χ1v) is 10.6. The number of fused-ring (bicyclic) bond motifs is 2. The first-order valence-electron chi connectivity index (χ1n) is 9.45. The Balaban J connectivity index is 1.48. The predicted octanol–water partition coefficient (Wildman–Crippen LogP) is 4.97. The highest BCUT2D eigenvalue weighted by Gasteiger charge is 2.23. The summed E-state index contributed by atoms with van der Waals surface area (Å²) in [7, 11) is 2.23. The first kappa shape index (κ1) is 18.2. The molecule has 0 saturated carbocycles. The van der Waals surface area contributed by atoms with E-state index in [0.717, 1.165) is 24.5 Å². The molecule has 2 heterocycles. The van der Waals surface area contributed by atoms with E-state index in [4.69, 9.17) is 11.6 Å². The number of likely N-dealkylation sites (N-methyl/N-ethyl adjacent to an activating group) is 1. The molecule has 2 aromatic rings. The highest BCUT2D eigenvalue weighted by molar-refractivity contribution is 7.99. The molecule has 4 rings (SSSR count). The summed E-state index contributed by atoms with van der Waals surface area (Å²) in [6.45, 7) is 7.00. The minimum atomic E-state index is 0.810. The van der Waals surface area contributed by atoms with Crippen LogP contribution in [-0.2, 0) is 0 Å². The lowest BCUT2D eigenvalue weighted by molar-refractivity contribution is 0.275. The zero-order valence-electron chi connectivity index (χ0n) is 15.3. The maximum Gasteiger partial charge on any atom is 0.0567 e. The topological polar surface area (TPSA) is 9.72 Å². The molecular weight excluding hydrogens is 362 g/mol. The molecule has 0 aliphatic carbocycles. The van der Waals surface area contributed by atoms with Crippen LogP contribution in [0.15, 0.2) is 52.3 Å². The monoisotopic (exact) mass is 387 g/mol. The second-order valence-electron chi connectivity index (χ2n) is 7.19. The molecule has 0 radical (unpaired) electrons. The van der Waals surface area contributed by atoms with Gasteiger partial charge in [-0.3, -0.25) is 0 Å². The van der Waals surface area contributed by atoms with Crippen molar-refractivity contribution in [2.24, 2.45) is 0 Å². The third-order valence-corrected chi connectivity index (χ3v) is 6.62. The molecule has 1 fully saturated rings. The molecule has 0 bridgehead atoms. The molecule has 0 aromatic heterocycles. The van der Waals surface area contributed by atoms with Crippen molar-refractivity contribution in [1.82, 2.24) is 9.80 Å². The number of para-hydroxylation sites is 1. The van der Waals surface area contributed by atoms with Gasteiger partial charge in [-0.15, -0.1) is 0 Å². The Bertz CT molecular complexity index is 767. The molecular formula is C21H26ClN3S. The van der Waals surface area contributed by atoms with Gasteiger partial charge in [-0.1, -0.05) is 35.5 Å². The number of rotatable bonds is 4. The van der Waals surface area contributed by atoms with E-state index in [1.165, 1.54) is 53.8 Å². The van der Waals surface area contributed by atoms with Gasteiger partial charge in [0.05, 0.1) is 11.4 Å². The Kier molecular flexibility index (Phi) is 5.75. The van der Waals surface area contributed by atoms with E-state index in [1.54, 1.807) is 0 Å². The molecule has 2 aliphatic heterocycles. The quantitative estimate of drug-likeness (QED) is 0.732. The molecule has 26 heavy (non-hydrogen) atoms. The van der Waals surface area contributed by atoms with Crippen LogP contribution in [0.4, 0.5) is 11.4 Å². The van der Waals surface area contributed by atoms with E-state index in [2.05, 4.69) is 58.1 Å². The fourth-order valence-electron chi connectivity index (χ4n) is 3.82. The molecule has 0 N–H and O–H groups in total. The van der Waals surface area contributed by atoms with Crippen LogP contribution in [0.25, 0.3) is 0 Å². The van der Waals surface area contributed by atoms with Crippen molar-refractivity contribution in [1.29, 1.82) is 0 Å². The minimum Gasteiger partial charge on any atom is -0.340 e. The van der Waals surface area contributed by atoms with E-state index in [-0.39, 0.29) is 0 Å². The van der Waals surface area contributed by atoms with Crippen LogP contribution in [-0.4, -0.2) is 56.1 Å². The molecule has 5 heteroatoms. The van der Waals surface area contributed by atoms with Crippen LogP contribution in [0.1, 0.15) is 12.8 Å². The Hall–Kier alpha value is -1.20. The van der Waals surface area contributed by atoms with Crippen molar-refractivity contribution in [3.8, 4) is 0 Å². The van der Waals surface area contributed by atoms with Gasteiger partial charge in [0.15, 0.2) is 0 Å². The lowest BCUT2D eigenvalue weighted by Crippen LogP contribution is -2.32. The molecule has 0 amide bonds. The summed E-state index contributed by atoms with van der Waals surface area (Å²) < 4.78 is 0. The second kappa shape index (κ2) is 8.22. The average molecular weight is 388 g/mol. The van der Waals surface area contributed by atoms with Crippen LogP contribution >= 0.6 is 23.4 Å². The molecule has 0 spiro atoms. The van der Waals surface area contributed by atoms with Gasteiger partial charge in [0.25, 0.3) is 0 Å². The van der Waals surface area contributed by atoms with Gasteiger partial charge in [-0.2, -0.15) is 0 Å². The third-order valence-electron chi connectivity index (χ3n) is 5.26. The maximum absolute atomic E-state index is 6.31. The van der Waals surface area contributed by atoms with Gasteiger partial charge in [0, 0.05) is 34.4 Å². The van der Waals surface area contributed by atoms with Crippen molar-refractivity contribution in [3.05, 3.63) is 47.5 Å². The Morgan fingerprint density at radius 3 is 2.69 bits per heavy atom. The van der Waals surface area contributed by atoms with Crippen LogP contribution in [0.5, 0.6) is 0 Å². The Morgan fingerprint density at radius 1 is 0.923 bits per heavy atom. The van der Waals surface area contributed by atoms with Crippen molar-refractivity contribution < 1.29 is 0 Å². The highest BCUT2D eigenvalue weighted by Crippen LogP contribution is 2.48. The number of anilines is 2. The summed E-state index contributed by atoms with van der Waals surface area (Å²) in [5, 5.41) is 0.810. The minimum absolute atomic E-state index is 0.810. The number of hydrogen-bond acceptors (Lipinski definition) is 4. The first-order chi connectivity index (χ1) is 12.7. The number of nitrogens with zero attached hydrogens (tertiary/aromatic N) is 3. The second-order valence-corrected chi connectivity index (χ2v) is 8.71. The molecule has 0 atom stereocenters. The molecule has 0 unspecified atom stereocenters. The standard InChI is InChI=1S/C21H26ClN3S/c1-23-10-4-11-24(15-14-23)12-5-13-25-18-6-2-3-7-20(18)26-21-9-8-17(22)16-19(21)25/h2-3,6-9,16H,4-5,10-15H2,1H3. The largest absolute Gasteiger partial charge is 0.340 e. The number of hydrogen-bond donors (Lipinski definition) is 0. The van der Waals surface area contributed by atoms with E-state index in [9.17, 15) is 0 Å². The normalized spacial score (nSPS) is 18.3. The third kappa shape index (κ3) is 4.04. The lowest BCUT2D eigenvalue weighted by Gasteiger charge is -2.33. The molecule has 2 aromatic carbocycles. The van der Waals surface area contributed by atoms with Crippen LogP contribution < -0.4 is 4.90 Å². The summed E-state index contributed by atoms with van der Waals surface area (Å²) in [6, 6.07) is 15.0. The summed E-state index contributed by atoms with van der Waals surface area (Å²) in [5.74, 6) is 0. The lowest BCUT2D eigenvalue weighted by atomic mass is 10.2. The van der Waals surface area contributed by atoms with E-state index >= 15 is 0 Å². The van der Waals surface area contributed by atoms with E-state index < -0.39 is 0 Å². The predicted molar refractivity (Wildman–Crippen MR) is 112 cm³/mol. The maximum atomic E-state index is 6.31. The Morgan fingerprint density at radius 2 is 1.77 bits per heavy atom. The van der Waals surface area contributed by atoms with Gasteiger partial charge in [0.2, 0.25) is 0 Å². The number of halogens is 1. The van der Waals surface area contributed by atoms with Crippen molar-refractivity contribution in [3.63, 3.8) is 0 Å². The summed E-state index contributed by atoms with van der Waals surface area (Å²) in [6.07, 6.45) is 2.44. The van der Waals surface area contributed by atoms with Gasteiger partial charge in [0.1, 0.15) is 0 Å². The molecule has 2 aliphatic rings. The van der Waals surface area contributed by atoms with Gasteiger partial charge in [-0.25, -0.2) is 0 Å². The SMILES string of the molecule is CN1CCCN(CCCN2c3ccccc3Sc3ccc(Cl)cc32)CC1. The fraction of sp³-hybridized carbons (Fsp3) is 0.429. The van der Waals surface area contributed by atoms with E-state index in [0.29, 0.717) is 0 Å². The molecule has 1 saturated heterocycles. The fourth-order valence-corrected chi connectivity index (χ4v) is 5.06. The van der Waals surface area contributed by atoms with Crippen LogP contribution in [0.2, 0.25) is 5.02 Å².